The van der Waals surface area contributed by atoms with Crippen molar-refractivity contribution in [2.75, 3.05) is 29.2 Å². The summed E-state index contributed by atoms with van der Waals surface area (Å²) >= 11 is 17.9. The minimum atomic E-state index is -1.19. The van der Waals surface area contributed by atoms with Crippen molar-refractivity contribution < 1.29 is 27.9 Å². The van der Waals surface area contributed by atoms with E-state index in [2.05, 4.69) is 16.0 Å². The maximum Gasteiger partial charge on any atom is 0.257 e. The number of anilines is 3. The molecule has 0 saturated heterocycles. The first-order chi connectivity index (χ1) is 15.5. The summed E-state index contributed by atoms with van der Waals surface area (Å²) in [6, 6.07) is 6.00. The second-order valence-corrected chi connectivity index (χ2v) is 9.07. The molecule has 1 unspecified atom stereocenters. The topological polar surface area (TPSA) is 96.5 Å². The number of ether oxygens (including phenoxy) is 1. The Hall–Kier alpha value is -2.46. The lowest BCUT2D eigenvalue weighted by atomic mass is 10.1. The number of hydrogen-bond donors (Lipinski definition) is 3. The molecule has 0 radical (unpaired) electrons. The summed E-state index contributed by atoms with van der Waals surface area (Å²) in [6.45, 7) is 1.51. The SMILES string of the molecule is CCOCC(=O)Nc1c(F)ccc(NC(=O)c2cc(NC(=O)C3CC3(Cl)Cl)ccc2Cl)c1F. The van der Waals surface area contributed by atoms with E-state index in [9.17, 15) is 23.2 Å². The van der Waals surface area contributed by atoms with Crippen LogP contribution in [0.4, 0.5) is 25.8 Å². The molecule has 1 saturated carbocycles. The van der Waals surface area contributed by atoms with Crippen LogP contribution in [0.5, 0.6) is 0 Å². The van der Waals surface area contributed by atoms with E-state index in [-0.39, 0.29) is 22.9 Å². The predicted octanol–water partition coefficient (Wildman–Crippen LogP) is 4.98. The normalized spacial score (nSPS) is 16.1. The molecule has 3 rings (SSSR count). The molecule has 176 valence electrons. The first-order valence-corrected chi connectivity index (χ1v) is 10.8. The zero-order chi connectivity index (χ0) is 24.3. The first kappa shape index (κ1) is 25.2. The quantitative estimate of drug-likeness (QED) is 0.428. The molecule has 1 aliphatic carbocycles. The minimum absolute atomic E-state index is 0.0220. The van der Waals surface area contributed by atoms with Crippen LogP contribution in [0.25, 0.3) is 0 Å². The Morgan fingerprint density at radius 1 is 1.12 bits per heavy atom. The van der Waals surface area contributed by atoms with Crippen LogP contribution in [0.2, 0.25) is 5.02 Å². The van der Waals surface area contributed by atoms with Gasteiger partial charge < -0.3 is 20.7 Å². The first-order valence-electron chi connectivity index (χ1n) is 9.68. The molecular weight excluding hydrogens is 503 g/mol. The lowest BCUT2D eigenvalue weighted by molar-refractivity contribution is -0.120. The molecule has 0 heterocycles. The summed E-state index contributed by atoms with van der Waals surface area (Å²) in [5, 5.41) is 6.95. The monoisotopic (exact) mass is 519 g/mol. The Bertz CT molecular complexity index is 1110. The van der Waals surface area contributed by atoms with Gasteiger partial charge in [-0.3, -0.25) is 14.4 Å². The third-order valence-electron chi connectivity index (χ3n) is 4.66. The number of nitrogens with one attached hydrogen (secondary N) is 3. The van der Waals surface area contributed by atoms with Gasteiger partial charge in [0.2, 0.25) is 5.91 Å². The van der Waals surface area contributed by atoms with E-state index >= 15 is 0 Å². The van der Waals surface area contributed by atoms with Crippen LogP contribution in [0.3, 0.4) is 0 Å². The van der Waals surface area contributed by atoms with Gasteiger partial charge in [0.05, 0.1) is 22.2 Å². The predicted molar refractivity (Wildman–Crippen MR) is 122 cm³/mol. The highest BCUT2D eigenvalue weighted by molar-refractivity contribution is 6.52. The van der Waals surface area contributed by atoms with E-state index < -0.39 is 57.6 Å². The zero-order valence-corrected chi connectivity index (χ0v) is 19.4. The lowest BCUT2D eigenvalue weighted by Crippen LogP contribution is -2.21. The van der Waals surface area contributed by atoms with Gasteiger partial charge in [-0.1, -0.05) is 11.6 Å². The molecule has 3 amide bonds. The van der Waals surface area contributed by atoms with Crippen molar-refractivity contribution in [3.05, 3.63) is 52.6 Å². The molecule has 3 N–H and O–H groups in total. The van der Waals surface area contributed by atoms with Crippen LogP contribution >= 0.6 is 34.8 Å². The number of rotatable bonds is 8. The van der Waals surface area contributed by atoms with Crippen LogP contribution in [0.1, 0.15) is 23.7 Å². The molecule has 0 aromatic heterocycles. The Morgan fingerprint density at radius 3 is 2.45 bits per heavy atom. The van der Waals surface area contributed by atoms with Crippen LogP contribution < -0.4 is 16.0 Å². The van der Waals surface area contributed by atoms with Gasteiger partial charge >= 0.3 is 0 Å². The van der Waals surface area contributed by atoms with Crippen molar-refractivity contribution in [3.63, 3.8) is 0 Å². The molecule has 0 aliphatic heterocycles. The van der Waals surface area contributed by atoms with Crippen molar-refractivity contribution in [3.8, 4) is 0 Å². The number of benzene rings is 2. The fourth-order valence-corrected chi connectivity index (χ4v) is 3.54. The summed E-state index contributed by atoms with van der Waals surface area (Å²) < 4.78 is 32.6. The Kier molecular flexibility index (Phi) is 7.79. The zero-order valence-electron chi connectivity index (χ0n) is 17.1. The highest BCUT2D eigenvalue weighted by Crippen LogP contribution is 2.53. The van der Waals surface area contributed by atoms with Crippen LogP contribution in [-0.4, -0.2) is 35.3 Å². The highest BCUT2D eigenvalue weighted by atomic mass is 35.5. The number of amides is 3. The second-order valence-electron chi connectivity index (χ2n) is 7.12. The maximum absolute atomic E-state index is 14.8. The molecule has 0 bridgehead atoms. The Balaban J connectivity index is 1.76. The largest absolute Gasteiger partial charge is 0.372 e. The minimum Gasteiger partial charge on any atom is -0.372 e. The molecular formula is C21H18Cl3F2N3O4. The van der Waals surface area contributed by atoms with Crippen molar-refractivity contribution in [1.82, 2.24) is 0 Å². The van der Waals surface area contributed by atoms with E-state index in [0.29, 0.717) is 6.42 Å². The molecule has 33 heavy (non-hydrogen) atoms. The average Bonchev–Trinajstić information content (AvgIpc) is 3.41. The van der Waals surface area contributed by atoms with Crippen molar-refractivity contribution >= 4 is 69.6 Å². The second kappa shape index (κ2) is 10.2. The summed E-state index contributed by atoms with van der Waals surface area (Å²) in [7, 11) is 0. The van der Waals surface area contributed by atoms with Gasteiger partial charge in [-0.15, -0.1) is 23.2 Å². The van der Waals surface area contributed by atoms with E-state index in [1.54, 1.807) is 6.92 Å². The summed E-state index contributed by atoms with van der Waals surface area (Å²) in [5.74, 6) is -4.83. The third kappa shape index (κ3) is 6.11. The van der Waals surface area contributed by atoms with Crippen molar-refractivity contribution in [1.29, 1.82) is 0 Å². The summed E-state index contributed by atoms with van der Waals surface area (Å²) in [4.78, 5) is 36.7. The Labute approximate surface area is 202 Å². The molecule has 1 atom stereocenters. The molecule has 1 fully saturated rings. The van der Waals surface area contributed by atoms with E-state index in [1.165, 1.54) is 18.2 Å². The van der Waals surface area contributed by atoms with Crippen molar-refractivity contribution in [2.24, 2.45) is 5.92 Å². The van der Waals surface area contributed by atoms with Gasteiger partial charge in [-0.05, 0) is 43.7 Å². The van der Waals surface area contributed by atoms with Gasteiger partial charge in [0, 0.05) is 12.3 Å². The van der Waals surface area contributed by atoms with Crippen LogP contribution in [0, 0.1) is 17.6 Å². The molecule has 1 aliphatic rings. The van der Waals surface area contributed by atoms with Crippen molar-refractivity contribution in [2.45, 2.75) is 17.7 Å². The van der Waals surface area contributed by atoms with Gasteiger partial charge in [0.1, 0.15) is 22.4 Å². The smallest absolute Gasteiger partial charge is 0.257 e. The van der Waals surface area contributed by atoms with E-state index in [0.717, 1.165) is 12.1 Å². The number of alkyl halides is 2. The van der Waals surface area contributed by atoms with Gasteiger partial charge in [-0.2, -0.15) is 0 Å². The van der Waals surface area contributed by atoms with Gasteiger partial charge in [0.25, 0.3) is 11.8 Å². The number of carbonyl (C=O) groups is 3. The number of halogens is 5. The van der Waals surface area contributed by atoms with Gasteiger partial charge in [-0.25, -0.2) is 8.78 Å². The lowest BCUT2D eigenvalue weighted by Gasteiger charge is -2.13. The Morgan fingerprint density at radius 2 is 1.82 bits per heavy atom. The standard InChI is InChI=1S/C21H18Cl3F2N3O4/c1-2-33-9-16(30)29-18-14(25)5-6-15(17(18)26)28-19(31)11-7-10(3-4-13(11)22)27-20(32)12-8-21(12,23)24/h3-7,12H,2,8-9H2,1H3,(H,27,32)(H,28,31)(H,29,30). The molecule has 2 aromatic rings. The maximum atomic E-state index is 14.8. The fraction of sp³-hybridized carbons (Fsp3) is 0.286. The molecule has 7 nitrogen and oxygen atoms in total. The summed E-state index contributed by atoms with van der Waals surface area (Å²) in [6.07, 6.45) is 0.302. The number of carbonyl (C=O) groups excluding carboxylic acids is 3. The summed E-state index contributed by atoms with van der Waals surface area (Å²) in [5.41, 5.74) is -0.974. The van der Waals surface area contributed by atoms with Gasteiger partial charge in [0.15, 0.2) is 5.82 Å². The average molecular weight is 521 g/mol. The van der Waals surface area contributed by atoms with E-state index in [4.69, 9.17) is 39.5 Å². The fourth-order valence-electron chi connectivity index (χ4n) is 2.83. The highest BCUT2D eigenvalue weighted by Gasteiger charge is 2.56. The van der Waals surface area contributed by atoms with Crippen LogP contribution in [-0.2, 0) is 14.3 Å². The molecule has 12 heteroatoms. The number of hydrogen-bond acceptors (Lipinski definition) is 4. The van der Waals surface area contributed by atoms with E-state index in [1.807, 2.05) is 0 Å². The molecule has 0 spiro atoms. The van der Waals surface area contributed by atoms with Crippen LogP contribution in [0.15, 0.2) is 30.3 Å². The molecule has 2 aromatic carbocycles. The third-order valence-corrected chi connectivity index (χ3v) is 5.83.